The van der Waals surface area contributed by atoms with Crippen LogP contribution < -0.4 is 20.0 Å². The molecule has 0 saturated carbocycles. The van der Waals surface area contributed by atoms with Crippen LogP contribution in [-0.4, -0.2) is 13.8 Å². The molecule has 1 aliphatic rings. The Morgan fingerprint density at radius 2 is 1.79 bits per heavy atom. The standard InChI is InChI=1S/C29H29NO4/c1-17(2)23-8-6-7-18(3)27(23)30-15-21-13-25-24(20-9-11-22(32-5)12-10-20)14-26(31)34-29(25)19(4)28(21)33-16-30/h6-14,17H,15-16H2,1-5H3. The van der Waals surface area contributed by atoms with E-state index in [4.69, 9.17) is 13.9 Å². The molecule has 0 N–H and O–H groups in total. The number of anilines is 1. The second kappa shape index (κ2) is 8.56. The first-order valence-electron chi connectivity index (χ1n) is 11.6. The minimum Gasteiger partial charge on any atom is -0.497 e. The Hall–Kier alpha value is -3.73. The molecule has 1 aliphatic heterocycles. The number of ether oxygens (including phenoxy) is 2. The highest BCUT2D eigenvalue weighted by Crippen LogP contribution is 2.41. The molecule has 3 aromatic carbocycles. The van der Waals surface area contributed by atoms with Gasteiger partial charge in [0.1, 0.15) is 17.1 Å². The van der Waals surface area contributed by atoms with Gasteiger partial charge in [-0.2, -0.15) is 0 Å². The van der Waals surface area contributed by atoms with Crippen molar-refractivity contribution in [2.45, 2.75) is 40.2 Å². The zero-order valence-corrected chi connectivity index (χ0v) is 20.3. The number of methoxy groups -OCH3 is 1. The Morgan fingerprint density at radius 3 is 2.50 bits per heavy atom. The van der Waals surface area contributed by atoms with E-state index in [1.54, 1.807) is 13.2 Å². The molecule has 0 bridgehead atoms. The third-order valence-electron chi connectivity index (χ3n) is 6.63. The van der Waals surface area contributed by atoms with Crippen molar-refractivity contribution in [1.29, 1.82) is 0 Å². The van der Waals surface area contributed by atoms with Crippen molar-refractivity contribution in [3.05, 3.63) is 87.3 Å². The van der Waals surface area contributed by atoms with Gasteiger partial charge in [0.15, 0.2) is 6.73 Å². The minimum absolute atomic E-state index is 0.375. The molecule has 2 heterocycles. The lowest BCUT2D eigenvalue weighted by atomic mass is 9.95. The number of nitrogens with zero attached hydrogens (tertiary/aromatic N) is 1. The number of fused-ring (bicyclic) bond motifs is 2. The Balaban J connectivity index is 1.65. The van der Waals surface area contributed by atoms with Gasteiger partial charge in [0, 0.05) is 34.8 Å². The lowest BCUT2D eigenvalue weighted by Crippen LogP contribution is -2.33. The fourth-order valence-electron chi connectivity index (χ4n) is 4.95. The third-order valence-corrected chi connectivity index (χ3v) is 6.63. The molecule has 1 aromatic heterocycles. The second-order valence-corrected chi connectivity index (χ2v) is 9.21. The Labute approximate surface area is 199 Å². The molecule has 174 valence electrons. The predicted molar refractivity (Wildman–Crippen MR) is 136 cm³/mol. The number of hydrogen-bond acceptors (Lipinski definition) is 5. The van der Waals surface area contributed by atoms with E-state index in [2.05, 4.69) is 49.9 Å². The monoisotopic (exact) mass is 455 g/mol. The summed E-state index contributed by atoms with van der Waals surface area (Å²) in [5.41, 5.74) is 7.70. The SMILES string of the molecule is COc1ccc(-c2cc(=O)oc3c(C)c4c(cc23)CN(c2c(C)cccc2C(C)C)CO4)cc1. The van der Waals surface area contributed by atoms with E-state index < -0.39 is 0 Å². The molecule has 4 aromatic rings. The maximum Gasteiger partial charge on any atom is 0.336 e. The molecule has 34 heavy (non-hydrogen) atoms. The summed E-state index contributed by atoms with van der Waals surface area (Å²) < 4.78 is 17.3. The molecule has 5 rings (SSSR count). The normalized spacial score (nSPS) is 13.2. The van der Waals surface area contributed by atoms with Gasteiger partial charge >= 0.3 is 5.63 Å². The van der Waals surface area contributed by atoms with Crippen LogP contribution in [0.25, 0.3) is 22.1 Å². The molecule has 0 atom stereocenters. The molecule has 5 heteroatoms. The Bertz CT molecular complexity index is 1430. The first-order chi connectivity index (χ1) is 16.4. The summed E-state index contributed by atoms with van der Waals surface area (Å²) in [7, 11) is 1.64. The Kier molecular flexibility index (Phi) is 5.56. The number of rotatable bonds is 4. The molecule has 0 saturated heterocycles. The first-order valence-corrected chi connectivity index (χ1v) is 11.6. The lowest BCUT2D eigenvalue weighted by Gasteiger charge is -2.35. The fraction of sp³-hybridized carbons (Fsp3) is 0.276. The number of para-hydroxylation sites is 1. The summed E-state index contributed by atoms with van der Waals surface area (Å²) >= 11 is 0. The number of benzene rings is 3. The molecule has 0 spiro atoms. The van der Waals surface area contributed by atoms with E-state index in [-0.39, 0.29) is 5.63 Å². The van der Waals surface area contributed by atoms with Crippen LogP contribution in [-0.2, 0) is 6.54 Å². The highest BCUT2D eigenvalue weighted by atomic mass is 16.5. The predicted octanol–water partition coefficient (Wildman–Crippen LogP) is 6.57. The van der Waals surface area contributed by atoms with Crippen LogP contribution in [0.3, 0.4) is 0 Å². The zero-order chi connectivity index (χ0) is 24.0. The zero-order valence-electron chi connectivity index (χ0n) is 20.3. The number of aryl methyl sites for hydroxylation is 2. The molecule has 0 radical (unpaired) electrons. The van der Waals surface area contributed by atoms with E-state index in [9.17, 15) is 4.79 Å². The van der Waals surface area contributed by atoms with E-state index in [0.717, 1.165) is 45.7 Å². The molecule has 0 aliphatic carbocycles. The largest absolute Gasteiger partial charge is 0.497 e. The van der Waals surface area contributed by atoms with E-state index in [1.807, 2.05) is 31.2 Å². The highest BCUT2D eigenvalue weighted by Gasteiger charge is 2.26. The van der Waals surface area contributed by atoms with Gasteiger partial charge < -0.3 is 18.8 Å². The molecule has 0 fully saturated rings. The summed E-state index contributed by atoms with van der Waals surface area (Å²) in [6, 6.07) is 17.9. The average Bonchev–Trinajstić information content (AvgIpc) is 2.84. The summed E-state index contributed by atoms with van der Waals surface area (Å²) in [4.78, 5) is 14.8. The molecule has 0 unspecified atom stereocenters. The van der Waals surface area contributed by atoms with Gasteiger partial charge in [-0.25, -0.2) is 4.79 Å². The first kappa shape index (κ1) is 22.1. The van der Waals surface area contributed by atoms with Gasteiger partial charge in [0.05, 0.1) is 7.11 Å². The van der Waals surface area contributed by atoms with Crippen molar-refractivity contribution < 1.29 is 13.9 Å². The second-order valence-electron chi connectivity index (χ2n) is 9.21. The van der Waals surface area contributed by atoms with Crippen molar-refractivity contribution in [2.75, 3.05) is 18.7 Å². The van der Waals surface area contributed by atoms with Crippen LogP contribution in [0.5, 0.6) is 11.5 Å². The van der Waals surface area contributed by atoms with Gasteiger partial charge in [0.25, 0.3) is 0 Å². The van der Waals surface area contributed by atoms with Crippen LogP contribution in [0.15, 0.2) is 63.8 Å². The summed E-state index contributed by atoms with van der Waals surface area (Å²) in [5.74, 6) is 1.98. The van der Waals surface area contributed by atoms with Crippen molar-refractivity contribution >= 4 is 16.7 Å². The van der Waals surface area contributed by atoms with Crippen molar-refractivity contribution in [2.24, 2.45) is 0 Å². The van der Waals surface area contributed by atoms with Crippen LogP contribution in [0.4, 0.5) is 5.69 Å². The Morgan fingerprint density at radius 1 is 1.03 bits per heavy atom. The van der Waals surface area contributed by atoms with Crippen LogP contribution in [0.2, 0.25) is 0 Å². The van der Waals surface area contributed by atoms with Gasteiger partial charge in [-0.1, -0.05) is 44.2 Å². The van der Waals surface area contributed by atoms with Crippen molar-refractivity contribution in [1.82, 2.24) is 0 Å². The summed E-state index contributed by atoms with van der Waals surface area (Å²) in [6.45, 7) is 9.73. The van der Waals surface area contributed by atoms with Crippen molar-refractivity contribution in [3.63, 3.8) is 0 Å². The minimum atomic E-state index is -0.375. The van der Waals surface area contributed by atoms with Crippen LogP contribution >= 0.6 is 0 Å². The third kappa shape index (κ3) is 3.71. The van der Waals surface area contributed by atoms with Crippen LogP contribution in [0.1, 0.15) is 42.0 Å². The maximum absolute atomic E-state index is 12.5. The molecular weight excluding hydrogens is 426 g/mol. The molecule has 0 amide bonds. The van der Waals surface area contributed by atoms with Gasteiger partial charge in [-0.15, -0.1) is 0 Å². The summed E-state index contributed by atoms with van der Waals surface area (Å²) in [5, 5.41) is 0.903. The van der Waals surface area contributed by atoms with E-state index in [0.29, 0.717) is 18.2 Å². The molecule has 5 nitrogen and oxygen atoms in total. The highest BCUT2D eigenvalue weighted by molar-refractivity contribution is 5.96. The maximum atomic E-state index is 12.5. The van der Waals surface area contributed by atoms with Crippen LogP contribution in [0, 0.1) is 13.8 Å². The quantitative estimate of drug-likeness (QED) is 0.326. The lowest BCUT2D eigenvalue weighted by molar-refractivity contribution is 0.286. The van der Waals surface area contributed by atoms with Gasteiger partial charge in [0.2, 0.25) is 0 Å². The average molecular weight is 456 g/mol. The topological polar surface area (TPSA) is 51.9 Å². The summed E-state index contributed by atoms with van der Waals surface area (Å²) in [6.07, 6.45) is 0. The van der Waals surface area contributed by atoms with E-state index in [1.165, 1.54) is 16.8 Å². The van der Waals surface area contributed by atoms with Gasteiger partial charge in [-0.05, 0) is 60.2 Å². The van der Waals surface area contributed by atoms with Gasteiger partial charge in [-0.3, -0.25) is 0 Å². The molecular formula is C29H29NO4. The smallest absolute Gasteiger partial charge is 0.336 e. The number of hydrogen-bond donors (Lipinski definition) is 0. The van der Waals surface area contributed by atoms with E-state index >= 15 is 0 Å². The van der Waals surface area contributed by atoms with Crippen molar-refractivity contribution in [3.8, 4) is 22.6 Å². The fourth-order valence-corrected chi connectivity index (χ4v) is 4.95.